The van der Waals surface area contributed by atoms with Crippen molar-refractivity contribution >= 4 is 11.7 Å². The van der Waals surface area contributed by atoms with Crippen molar-refractivity contribution in [3.63, 3.8) is 0 Å². The zero-order valence-corrected chi connectivity index (χ0v) is 12.9. The van der Waals surface area contributed by atoms with Crippen LogP contribution in [0.25, 0.3) is 0 Å². The minimum Gasteiger partial charge on any atom is -0.346 e. The van der Waals surface area contributed by atoms with Gasteiger partial charge in [0.1, 0.15) is 0 Å². The van der Waals surface area contributed by atoms with Crippen LogP contribution in [-0.4, -0.2) is 17.7 Å². The number of nitrogens with one attached hydrogen (secondary N) is 1. The highest BCUT2D eigenvalue weighted by Gasteiger charge is 2.31. The smallest absolute Gasteiger partial charge is 0.220 e. The SMILES string of the molecule is CCC(=O)[C@@H](NC(=O)CC1CCCCC1)C(C)(C)C. The van der Waals surface area contributed by atoms with Gasteiger partial charge in [0.2, 0.25) is 5.91 Å². The molecule has 0 aromatic rings. The van der Waals surface area contributed by atoms with Crippen LogP contribution < -0.4 is 5.32 Å². The third-order valence-electron chi connectivity index (χ3n) is 4.04. The van der Waals surface area contributed by atoms with E-state index in [1.54, 1.807) is 0 Å². The first kappa shape index (κ1) is 16.2. The van der Waals surface area contributed by atoms with Gasteiger partial charge >= 0.3 is 0 Å². The molecule has 0 aliphatic heterocycles. The maximum absolute atomic E-state index is 12.1. The van der Waals surface area contributed by atoms with Crippen molar-refractivity contribution in [1.82, 2.24) is 5.32 Å². The van der Waals surface area contributed by atoms with Crippen molar-refractivity contribution in [2.45, 2.75) is 78.7 Å². The van der Waals surface area contributed by atoms with E-state index in [0.717, 1.165) is 12.8 Å². The molecule has 110 valence electrons. The van der Waals surface area contributed by atoms with Crippen molar-refractivity contribution in [3.8, 4) is 0 Å². The normalized spacial score (nSPS) is 18.9. The van der Waals surface area contributed by atoms with Crippen molar-refractivity contribution in [2.24, 2.45) is 11.3 Å². The highest BCUT2D eigenvalue weighted by atomic mass is 16.2. The summed E-state index contributed by atoms with van der Waals surface area (Å²) >= 11 is 0. The molecule has 1 N–H and O–H groups in total. The molecular formula is C16H29NO2. The van der Waals surface area contributed by atoms with Gasteiger partial charge in [-0.15, -0.1) is 0 Å². The molecule has 0 radical (unpaired) electrons. The lowest BCUT2D eigenvalue weighted by molar-refractivity contribution is -0.130. The van der Waals surface area contributed by atoms with Crippen LogP contribution in [0.15, 0.2) is 0 Å². The fourth-order valence-electron chi connectivity index (χ4n) is 2.86. The van der Waals surface area contributed by atoms with Gasteiger partial charge in [-0.05, 0) is 24.2 Å². The minimum absolute atomic E-state index is 0.0497. The number of ketones is 1. The summed E-state index contributed by atoms with van der Waals surface area (Å²) in [7, 11) is 0. The summed E-state index contributed by atoms with van der Waals surface area (Å²) in [6, 6.07) is -0.353. The Kier molecular flexibility index (Phi) is 6.02. The lowest BCUT2D eigenvalue weighted by Gasteiger charge is -2.31. The Morgan fingerprint density at radius 2 is 1.74 bits per heavy atom. The number of carbonyl (C=O) groups is 2. The first-order chi connectivity index (χ1) is 8.84. The zero-order chi connectivity index (χ0) is 14.5. The minimum atomic E-state index is -0.353. The van der Waals surface area contributed by atoms with E-state index in [0.29, 0.717) is 18.8 Å². The number of hydrogen-bond acceptors (Lipinski definition) is 2. The standard InChI is InChI=1S/C16H29NO2/c1-5-13(18)15(16(2,3)4)17-14(19)11-12-9-7-6-8-10-12/h12,15H,5-11H2,1-4H3,(H,17,19)/t15-/m1/s1. The van der Waals surface area contributed by atoms with Crippen LogP contribution in [0.2, 0.25) is 0 Å². The van der Waals surface area contributed by atoms with E-state index < -0.39 is 0 Å². The molecule has 0 saturated heterocycles. The fraction of sp³-hybridized carbons (Fsp3) is 0.875. The number of carbonyl (C=O) groups excluding carboxylic acids is 2. The number of rotatable bonds is 5. The van der Waals surface area contributed by atoms with Gasteiger partial charge in [-0.1, -0.05) is 47.0 Å². The summed E-state index contributed by atoms with van der Waals surface area (Å²) in [6.07, 6.45) is 7.18. The molecule has 3 heteroatoms. The summed E-state index contributed by atoms with van der Waals surface area (Å²) < 4.78 is 0. The topological polar surface area (TPSA) is 46.2 Å². The third-order valence-corrected chi connectivity index (χ3v) is 4.04. The second-order valence-corrected chi connectivity index (χ2v) is 6.89. The largest absolute Gasteiger partial charge is 0.346 e. The Bertz CT molecular complexity index is 311. The molecule has 1 aliphatic carbocycles. The van der Waals surface area contributed by atoms with Crippen LogP contribution in [-0.2, 0) is 9.59 Å². The second-order valence-electron chi connectivity index (χ2n) is 6.89. The molecule has 1 amide bonds. The van der Waals surface area contributed by atoms with Crippen LogP contribution >= 0.6 is 0 Å². The van der Waals surface area contributed by atoms with Gasteiger partial charge in [-0.25, -0.2) is 0 Å². The van der Waals surface area contributed by atoms with E-state index in [2.05, 4.69) is 5.32 Å². The zero-order valence-electron chi connectivity index (χ0n) is 12.9. The van der Waals surface area contributed by atoms with Crippen LogP contribution in [0.1, 0.15) is 72.6 Å². The summed E-state index contributed by atoms with van der Waals surface area (Å²) in [4.78, 5) is 24.1. The van der Waals surface area contributed by atoms with Crippen LogP contribution in [0.3, 0.4) is 0 Å². The molecule has 1 aliphatic rings. The molecule has 3 nitrogen and oxygen atoms in total. The Labute approximate surface area is 117 Å². The van der Waals surface area contributed by atoms with E-state index in [-0.39, 0.29) is 23.1 Å². The van der Waals surface area contributed by atoms with Crippen molar-refractivity contribution in [2.75, 3.05) is 0 Å². The van der Waals surface area contributed by atoms with E-state index in [9.17, 15) is 9.59 Å². The molecule has 0 aromatic heterocycles. The average Bonchev–Trinajstić information content (AvgIpc) is 2.35. The van der Waals surface area contributed by atoms with E-state index >= 15 is 0 Å². The van der Waals surface area contributed by atoms with E-state index in [1.807, 2.05) is 27.7 Å². The molecule has 0 spiro atoms. The second kappa shape index (κ2) is 7.06. The summed E-state index contributed by atoms with van der Waals surface area (Å²) in [5.74, 6) is 0.698. The molecule has 0 heterocycles. The van der Waals surface area contributed by atoms with Crippen LogP contribution in [0.4, 0.5) is 0 Å². The molecule has 0 aromatic carbocycles. The van der Waals surface area contributed by atoms with E-state index in [1.165, 1.54) is 19.3 Å². The van der Waals surface area contributed by atoms with E-state index in [4.69, 9.17) is 0 Å². The predicted octanol–water partition coefficient (Wildman–Crippen LogP) is 3.47. The van der Waals surface area contributed by atoms with Gasteiger partial charge in [0.05, 0.1) is 6.04 Å². The number of hydrogen-bond donors (Lipinski definition) is 1. The van der Waals surface area contributed by atoms with Gasteiger partial charge < -0.3 is 5.32 Å². The monoisotopic (exact) mass is 267 g/mol. The summed E-state index contributed by atoms with van der Waals surface area (Å²) in [5, 5.41) is 2.97. The van der Waals surface area contributed by atoms with Gasteiger partial charge in [-0.2, -0.15) is 0 Å². The third kappa shape index (κ3) is 5.33. The average molecular weight is 267 g/mol. The number of amides is 1. The molecular weight excluding hydrogens is 238 g/mol. The van der Waals surface area contributed by atoms with Gasteiger partial charge in [0.15, 0.2) is 5.78 Å². The van der Waals surface area contributed by atoms with Gasteiger partial charge in [0, 0.05) is 12.8 Å². The molecule has 19 heavy (non-hydrogen) atoms. The molecule has 1 saturated carbocycles. The maximum Gasteiger partial charge on any atom is 0.220 e. The van der Waals surface area contributed by atoms with Gasteiger partial charge in [0.25, 0.3) is 0 Å². The quantitative estimate of drug-likeness (QED) is 0.829. The molecule has 1 atom stereocenters. The lowest BCUT2D eigenvalue weighted by atomic mass is 9.82. The number of Topliss-reactive ketones (excluding diaryl/α,β-unsaturated/α-hetero) is 1. The Morgan fingerprint density at radius 1 is 1.16 bits per heavy atom. The fourth-order valence-corrected chi connectivity index (χ4v) is 2.86. The van der Waals surface area contributed by atoms with Crippen molar-refractivity contribution < 1.29 is 9.59 Å². The first-order valence-corrected chi connectivity index (χ1v) is 7.66. The predicted molar refractivity (Wildman–Crippen MR) is 77.9 cm³/mol. The molecule has 0 bridgehead atoms. The van der Waals surface area contributed by atoms with Crippen molar-refractivity contribution in [1.29, 1.82) is 0 Å². The maximum atomic E-state index is 12.1. The van der Waals surface area contributed by atoms with Crippen molar-refractivity contribution in [3.05, 3.63) is 0 Å². The summed E-state index contributed by atoms with van der Waals surface area (Å²) in [5.41, 5.74) is -0.213. The highest BCUT2D eigenvalue weighted by Crippen LogP contribution is 2.27. The first-order valence-electron chi connectivity index (χ1n) is 7.66. The Balaban J connectivity index is 2.53. The molecule has 1 rings (SSSR count). The molecule has 0 unspecified atom stereocenters. The van der Waals surface area contributed by atoms with Crippen LogP contribution in [0.5, 0.6) is 0 Å². The lowest BCUT2D eigenvalue weighted by Crippen LogP contribution is -2.49. The van der Waals surface area contributed by atoms with Crippen LogP contribution in [0, 0.1) is 11.3 Å². The Morgan fingerprint density at radius 3 is 2.21 bits per heavy atom. The molecule has 1 fully saturated rings. The van der Waals surface area contributed by atoms with Gasteiger partial charge in [-0.3, -0.25) is 9.59 Å². The Hall–Kier alpha value is -0.860. The summed E-state index contributed by atoms with van der Waals surface area (Å²) in [6.45, 7) is 7.87. The highest BCUT2D eigenvalue weighted by molar-refractivity contribution is 5.89.